The predicted octanol–water partition coefficient (Wildman–Crippen LogP) is 30.1. The number of hydrogen-bond donors (Lipinski definition) is 0. The summed E-state index contributed by atoms with van der Waals surface area (Å²) >= 11 is 0. The van der Waals surface area contributed by atoms with Gasteiger partial charge in [-0.3, -0.25) is 17.6 Å². The normalized spacial score (nSPS) is 12.5. The van der Waals surface area contributed by atoms with E-state index in [0.717, 1.165) is 248 Å². The van der Waals surface area contributed by atoms with E-state index in [-0.39, 0.29) is 0 Å². The molecule has 34 aromatic rings. The number of hydrogen-bond acceptors (Lipinski definition) is 12. The first kappa shape index (κ1) is 70.0. The third kappa shape index (κ3) is 9.50. The largest absolute Gasteiger partial charge is 0.456 e. The maximum absolute atomic E-state index is 6.36. The van der Waals surface area contributed by atoms with Gasteiger partial charge in [-0.2, -0.15) is 0 Å². The van der Waals surface area contributed by atoms with E-state index in [9.17, 15) is 0 Å². The number of nitrogens with zero attached hydrogens (tertiary/aromatic N) is 12. The summed E-state index contributed by atoms with van der Waals surface area (Å²) in [7, 11) is 0. The Bertz CT molecular complexity index is 11000. The van der Waals surface area contributed by atoms with E-state index < -0.39 is 0 Å². The molecular formula is C116H60N12O4. The molecule has 0 radical (unpaired) electrons. The fourth-order valence-corrected chi connectivity index (χ4v) is 21.9. The quantitative estimate of drug-likeness (QED) is 0.160. The number of benzene rings is 18. The summed E-state index contributed by atoms with van der Waals surface area (Å²) in [6.07, 6.45) is 0. The Labute approximate surface area is 741 Å². The van der Waals surface area contributed by atoms with Crippen molar-refractivity contribution in [3.8, 4) is 22.3 Å². The molecule has 0 spiro atoms. The molecule has 16 heteroatoms. The highest BCUT2D eigenvalue weighted by atomic mass is 16.3. The maximum Gasteiger partial charge on any atom is 0.165 e. The van der Waals surface area contributed by atoms with Crippen LogP contribution in [0.15, 0.2) is 382 Å². The monoisotopic (exact) mass is 1680 g/mol. The number of rotatable bonds is 2. The van der Waals surface area contributed by atoms with Gasteiger partial charge in [0.05, 0.1) is 99.0 Å². The van der Waals surface area contributed by atoms with E-state index >= 15 is 0 Å². The first-order valence-corrected chi connectivity index (χ1v) is 44.3. The lowest BCUT2D eigenvalue weighted by Gasteiger charge is -2.05. The second-order valence-corrected chi connectivity index (χ2v) is 34.6. The average molecular weight is 1690 g/mol. The smallest absolute Gasteiger partial charge is 0.165 e. The highest BCUT2D eigenvalue weighted by Gasteiger charge is 2.29. The molecule has 0 bridgehead atoms. The van der Waals surface area contributed by atoms with E-state index in [4.69, 9.17) is 57.5 Å². The molecule has 34 rings (SSSR count). The second kappa shape index (κ2) is 25.8. The van der Waals surface area contributed by atoms with Crippen LogP contribution in [0.25, 0.3) is 308 Å². The molecule has 0 saturated carbocycles. The molecule has 0 amide bonds. The lowest BCUT2D eigenvalue weighted by Crippen LogP contribution is -1.90. The number of fused-ring (bicyclic) bond motifs is 42. The van der Waals surface area contributed by atoms with Crippen molar-refractivity contribution < 1.29 is 17.7 Å². The van der Waals surface area contributed by atoms with Gasteiger partial charge in [-0.25, -0.2) is 39.9 Å². The van der Waals surface area contributed by atoms with E-state index in [2.05, 4.69) is 272 Å². The predicted molar refractivity (Wildman–Crippen MR) is 537 cm³/mol. The Balaban J connectivity index is 0.0000000831. The van der Waals surface area contributed by atoms with Gasteiger partial charge < -0.3 is 17.7 Å². The summed E-state index contributed by atoms with van der Waals surface area (Å²) in [5.41, 5.74) is 35.7. The fraction of sp³-hybridized carbons (Fsp3) is 0. The van der Waals surface area contributed by atoms with Gasteiger partial charge in [0.1, 0.15) is 66.7 Å². The summed E-state index contributed by atoms with van der Waals surface area (Å²) < 4.78 is 34.1. The van der Waals surface area contributed by atoms with E-state index in [1.807, 2.05) is 109 Å². The van der Waals surface area contributed by atoms with E-state index in [1.54, 1.807) is 0 Å². The highest BCUT2D eigenvalue weighted by molar-refractivity contribution is 6.33. The van der Waals surface area contributed by atoms with Crippen LogP contribution < -0.4 is 0 Å². The summed E-state index contributed by atoms with van der Waals surface area (Å²) in [6.45, 7) is 0. The summed E-state index contributed by atoms with van der Waals surface area (Å²) in [4.78, 5) is 40.7. The van der Waals surface area contributed by atoms with E-state index in [1.165, 1.54) is 59.9 Å². The Hall–Kier alpha value is -18.3. The Morgan fingerprint density at radius 1 is 0.159 bits per heavy atom. The fourth-order valence-electron chi connectivity index (χ4n) is 21.9. The summed E-state index contributed by atoms with van der Waals surface area (Å²) in [5.74, 6) is 0. The van der Waals surface area contributed by atoms with Gasteiger partial charge in [0.2, 0.25) is 0 Å². The molecular weight excluding hydrogens is 1630 g/mol. The van der Waals surface area contributed by atoms with Gasteiger partial charge >= 0.3 is 0 Å². The summed E-state index contributed by atoms with van der Waals surface area (Å²) in [5, 5.41) is 23.0. The molecule has 0 N–H and O–H groups in total. The van der Waals surface area contributed by atoms with Crippen molar-refractivity contribution in [3.05, 3.63) is 364 Å². The minimum atomic E-state index is 0.881. The first-order chi connectivity index (χ1) is 65.4. The molecule has 16 aromatic heterocycles. The molecule has 16 heterocycles. The van der Waals surface area contributed by atoms with Crippen LogP contribution in [0.4, 0.5) is 0 Å². The van der Waals surface area contributed by atoms with Crippen molar-refractivity contribution in [2.24, 2.45) is 0 Å². The Morgan fingerprint density at radius 2 is 0.500 bits per heavy atom. The van der Waals surface area contributed by atoms with Crippen LogP contribution in [0.5, 0.6) is 0 Å². The second-order valence-electron chi connectivity index (χ2n) is 34.6. The molecule has 0 aliphatic rings. The van der Waals surface area contributed by atoms with Gasteiger partial charge in [-0.1, -0.05) is 243 Å². The van der Waals surface area contributed by atoms with Crippen LogP contribution in [0.3, 0.4) is 0 Å². The van der Waals surface area contributed by atoms with Gasteiger partial charge in [0, 0.05) is 97.0 Å². The van der Waals surface area contributed by atoms with Crippen molar-refractivity contribution in [2.45, 2.75) is 0 Å². The van der Waals surface area contributed by atoms with Crippen molar-refractivity contribution in [2.75, 3.05) is 0 Å². The zero-order valence-electron chi connectivity index (χ0n) is 69.6. The molecule has 0 aliphatic heterocycles. The number of para-hydroxylation sites is 12. The standard InChI is InChI=1S/2C32H17N3O.2C26H13N3O/c1-2-7-18(8-3-1)19-13-15-24-25(17-19)34-32-29(33-24)23-11-6-10-20-21-14-16-27-28(31(21)35(32)30(20)23)22-9-4-5-12-26(22)36-27;1-2-7-18(8-3-1)19-13-14-25-26(15-19)34-32-30(33-25)22-11-6-10-21-23-17-29-24(16-27(23)35(32)31(21)22)20-9-4-5-12-28(20)36-29;1-4-11-22-14(6-1)18-12-21-17(13-23(18)30-22)15-7-5-8-16-24-26(29(21)25(15)16)28-20-10-3-2-9-19(20)27-24;1-4-11-21-14(6-1)15-12-13-20-22(25(15)30-21)16-7-5-8-17-23-26(29(20)24(16)17)28-19-10-3-2-9-18(19)27-23/h2*1-17H;2*1-13H. The van der Waals surface area contributed by atoms with Crippen LogP contribution in [-0.4, -0.2) is 57.5 Å². The topological polar surface area (TPSA) is 173 Å². The van der Waals surface area contributed by atoms with E-state index in [0.29, 0.717) is 0 Å². The highest BCUT2D eigenvalue weighted by Crippen LogP contribution is 2.49. The number of aromatic nitrogens is 12. The third-order valence-electron chi connectivity index (χ3n) is 27.6. The van der Waals surface area contributed by atoms with Crippen LogP contribution in [0.2, 0.25) is 0 Å². The molecule has 132 heavy (non-hydrogen) atoms. The van der Waals surface area contributed by atoms with Crippen molar-refractivity contribution in [3.63, 3.8) is 0 Å². The maximum atomic E-state index is 6.36. The van der Waals surface area contributed by atoms with Crippen LogP contribution in [0, 0.1) is 0 Å². The average Bonchev–Trinajstić information content (AvgIpc) is 1.56. The van der Waals surface area contributed by atoms with Gasteiger partial charge in [-0.05, 0) is 144 Å². The lowest BCUT2D eigenvalue weighted by molar-refractivity contribution is 0.669. The molecule has 608 valence electrons. The molecule has 0 fully saturated rings. The van der Waals surface area contributed by atoms with Gasteiger partial charge in [0.25, 0.3) is 0 Å². The molecule has 18 aromatic carbocycles. The van der Waals surface area contributed by atoms with Crippen LogP contribution in [0.1, 0.15) is 0 Å². The molecule has 16 nitrogen and oxygen atoms in total. The Morgan fingerprint density at radius 3 is 1.00 bits per heavy atom. The lowest BCUT2D eigenvalue weighted by atomic mass is 10.0. The van der Waals surface area contributed by atoms with Gasteiger partial charge in [-0.15, -0.1) is 0 Å². The third-order valence-corrected chi connectivity index (χ3v) is 27.6. The van der Waals surface area contributed by atoms with Crippen molar-refractivity contribution in [1.29, 1.82) is 0 Å². The van der Waals surface area contributed by atoms with Crippen LogP contribution in [-0.2, 0) is 0 Å². The van der Waals surface area contributed by atoms with Crippen molar-refractivity contribution in [1.82, 2.24) is 57.5 Å². The zero-order chi connectivity index (χ0) is 85.6. The zero-order valence-corrected chi connectivity index (χ0v) is 69.6. The Kier molecular flexibility index (Phi) is 13.6. The molecule has 0 saturated heterocycles. The van der Waals surface area contributed by atoms with Crippen molar-refractivity contribution >= 4 is 285 Å². The minimum absolute atomic E-state index is 0.881. The first-order valence-electron chi connectivity index (χ1n) is 44.3. The van der Waals surface area contributed by atoms with Gasteiger partial charge in [0.15, 0.2) is 22.6 Å². The SMILES string of the molecule is c1ccc(-c2ccc3nc4c5cccc6c7cc8oc9ccccc9c8cc7n(c4nc3c2)c65)cc1.c1ccc(-c2ccc3nc4c5cccc6c7ccc8oc9ccccc9c8c7n(c4nc3c2)c65)cc1.c1ccc2nc3c(nc2c1)c1cccc2c4c5oc6ccccc6c5ccc4n3c12.c1ccc2nc3c(nc2c1)c1cccc2c4cc5oc6ccccc6c5cc4n3c21. The molecule has 0 atom stereocenters. The molecule has 0 aliphatic carbocycles. The molecule has 0 unspecified atom stereocenters. The summed E-state index contributed by atoms with van der Waals surface area (Å²) in [6, 6.07) is 126. The minimum Gasteiger partial charge on any atom is -0.456 e. The van der Waals surface area contributed by atoms with Crippen LogP contribution >= 0.6 is 0 Å². The number of furan rings is 4.